The standard InChI is InChI=1S/C16H9ClN2O3S3/c17-10-2-4-11(5-3-10)24-13-6-1-9(7-12(13)19(21)22)8-14-15(20)18-16(23)25-14/h1-8H,(H,18,20,23)/b14-8-. The number of halogens is 1. The van der Waals surface area contributed by atoms with Crippen LogP contribution in [0.15, 0.2) is 57.2 Å². The van der Waals surface area contributed by atoms with E-state index in [1.165, 1.54) is 17.8 Å². The molecule has 0 unspecified atom stereocenters. The number of benzene rings is 2. The molecular formula is C16H9ClN2O3S3. The minimum atomic E-state index is -0.438. The van der Waals surface area contributed by atoms with Crippen LogP contribution in [0, 0.1) is 10.1 Å². The molecule has 9 heteroatoms. The zero-order valence-electron chi connectivity index (χ0n) is 12.4. The van der Waals surface area contributed by atoms with Crippen LogP contribution in [0.2, 0.25) is 5.02 Å². The summed E-state index contributed by atoms with van der Waals surface area (Å²) >= 11 is 13.2. The normalized spacial score (nSPS) is 15.5. The molecule has 1 amide bonds. The maximum absolute atomic E-state index is 11.7. The Morgan fingerprint density at radius 3 is 2.56 bits per heavy atom. The Kier molecular flexibility index (Phi) is 5.43. The number of nitro benzene ring substituents is 1. The average Bonchev–Trinajstić information content (AvgIpc) is 2.88. The van der Waals surface area contributed by atoms with Crippen molar-refractivity contribution in [3.63, 3.8) is 0 Å². The van der Waals surface area contributed by atoms with Crippen molar-refractivity contribution in [2.75, 3.05) is 0 Å². The van der Waals surface area contributed by atoms with Gasteiger partial charge in [-0.3, -0.25) is 14.9 Å². The Bertz CT molecular complexity index is 913. The molecule has 1 aliphatic heterocycles. The van der Waals surface area contributed by atoms with Crippen molar-refractivity contribution in [2.45, 2.75) is 9.79 Å². The predicted octanol–water partition coefficient (Wildman–Crippen LogP) is 4.89. The van der Waals surface area contributed by atoms with Gasteiger partial charge in [0, 0.05) is 16.0 Å². The molecule has 1 N–H and O–H groups in total. The van der Waals surface area contributed by atoms with Gasteiger partial charge in [0.05, 0.1) is 14.7 Å². The molecule has 0 atom stereocenters. The van der Waals surface area contributed by atoms with Gasteiger partial charge in [0.1, 0.15) is 4.32 Å². The van der Waals surface area contributed by atoms with Crippen LogP contribution in [0.5, 0.6) is 0 Å². The van der Waals surface area contributed by atoms with E-state index in [2.05, 4.69) is 5.32 Å². The molecule has 1 fully saturated rings. The van der Waals surface area contributed by atoms with Gasteiger partial charge in [0.15, 0.2) is 0 Å². The Morgan fingerprint density at radius 1 is 1.24 bits per heavy atom. The highest BCUT2D eigenvalue weighted by Crippen LogP contribution is 2.36. The van der Waals surface area contributed by atoms with Gasteiger partial charge < -0.3 is 5.32 Å². The number of hydrogen-bond donors (Lipinski definition) is 1. The first-order chi connectivity index (χ1) is 11.9. The van der Waals surface area contributed by atoms with Crippen LogP contribution in [-0.4, -0.2) is 15.2 Å². The second-order valence-electron chi connectivity index (χ2n) is 4.89. The van der Waals surface area contributed by atoms with Gasteiger partial charge in [0.2, 0.25) is 0 Å². The fourth-order valence-electron chi connectivity index (χ4n) is 2.06. The second-order valence-corrected chi connectivity index (χ2v) is 8.16. The van der Waals surface area contributed by atoms with E-state index < -0.39 is 4.92 Å². The van der Waals surface area contributed by atoms with Crippen molar-refractivity contribution in [1.82, 2.24) is 5.32 Å². The van der Waals surface area contributed by atoms with Gasteiger partial charge in [-0.25, -0.2) is 0 Å². The lowest BCUT2D eigenvalue weighted by atomic mass is 10.2. The van der Waals surface area contributed by atoms with E-state index in [0.29, 0.717) is 24.7 Å². The Balaban J connectivity index is 1.92. The molecule has 0 bridgehead atoms. The van der Waals surface area contributed by atoms with E-state index in [0.717, 1.165) is 16.7 Å². The van der Waals surface area contributed by atoms with Crippen molar-refractivity contribution in [2.24, 2.45) is 0 Å². The summed E-state index contributed by atoms with van der Waals surface area (Å²) in [6.45, 7) is 0. The highest BCUT2D eigenvalue weighted by Gasteiger charge is 2.23. The van der Waals surface area contributed by atoms with E-state index in [-0.39, 0.29) is 11.6 Å². The summed E-state index contributed by atoms with van der Waals surface area (Å²) in [6.07, 6.45) is 1.59. The summed E-state index contributed by atoms with van der Waals surface area (Å²) < 4.78 is 0.376. The first kappa shape index (κ1) is 17.9. The van der Waals surface area contributed by atoms with Gasteiger partial charge in [-0.2, -0.15) is 0 Å². The first-order valence-electron chi connectivity index (χ1n) is 6.89. The van der Waals surface area contributed by atoms with E-state index >= 15 is 0 Å². The van der Waals surface area contributed by atoms with Crippen LogP contribution in [0.25, 0.3) is 6.08 Å². The van der Waals surface area contributed by atoms with Gasteiger partial charge in [-0.15, -0.1) is 0 Å². The number of amides is 1. The molecule has 1 aliphatic rings. The maximum Gasteiger partial charge on any atom is 0.283 e. The van der Waals surface area contributed by atoms with Crippen molar-refractivity contribution < 1.29 is 9.72 Å². The van der Waals surface area contributed by atoms with Crippen LogP contribution in [0.3, 0.4) is 0 Å². The minimum absolute atomic E-state index is 0.0275. The highest BCUT2D eigenvalue weighted by molar-refractivity contribution is 8.26. The maximum atomic E-state index is 11.7. The molecule has 0 aliphatic carbocycles. The Hall–Kier alpha value is -1.87. The van der Waals surface area contributed by atoms with E-state index in [9.17, 15) is 14.9 Å². The molecule has 0 aromatic heterocycles. The fraction of sp³-hybridized carbons (Fsp3) is 0. The molecule has 3 rings (SSSR count). The second kappa shape index (κ2) is 7.57. The molecule has 25 heavy (non-hydrogen) atoms. The number of carbonyl (C=O) groups excluding carboxylic acids is 1. The third kappa shape index (κ3) is 4.40. The van der Waals surface area contributed by atoms with Crippen LogP contribution in [-0.2, 0) is 4.79 Å². The Labute approximate surface area is 162 Å². The van der Waals surface area contributed by atoms with Gasteiger partial charge in [-0.05, 0) is 42.0 Å². The molecular weight excluding hydrogens is 400 g/mol. The molecule has 2 aromatic rings. The average molecular weight is 409 g/mol. The molecule has 1 heterocycles. The smallest absolute Gasteiger partial charge is 0.283 e. The van der Waals surface area contributed by atoms with E-state index in [1.54, 1.807) is 42.5 Å². The summed E-state index contributed by atoms with van der Waals surface area (Å²) in [7, 11) is 0. The van der Waals surface area contributed by atoms with E-state index in [1.807, 2.05) is 0 Å². The monoisotopic (exact) mass is 408 g/mol. The fourth-order valence-corrected chi connectivity index (χ4v) is 4.13. The summed E-state index contributed by atoms with van der Waals surface area (Å²) in [5, 5.41) is 14.5. The number of nitro groups is 1. The number of thiocarbonyl (C=S) groups is 1. The topological polar surface area (TPSA) is 72.2 Å². The van der Waals surface area contributed by atoms with Crippen molar-refractivity contribution in [3.8, 4) is 0 Å². The third-order valence-corrected chi connectivity index (χ3v) is 5.65. The van der Waals surface area contributed by atoms with Crippen LogP contribution in [0.1, 0.15) is 5.56 Å². The number of nitrogens with one attached hydrogen (secondary N) is 1. The van der Waals surface area contributed by atoms with Crippen molar-refractivity contribution >= 4 is 69.3 Å². The molecule has 2 aromatic carbocycles. The lowest BCUT2D eigenvalue weighted by molar-refractivity contribution is -0.387. The molecule has 126 valence electrons. The molecule has 0 spiro atoms. The third-order valence-electron chi connectivity index (χ3n) is 3.16. The predicted molar refractivity (Wildman–Crippen MR) is 105 cm³/mol. The van der Waals surface area contributed by atoms with Crippen LogP contribution >= 0.6 is 47.3 Å². The largest absolute Gasteiger partial charge is 0.307 e. The molecule has 1 saturated heterocycles. The van der Waals surface area contributed by atoms with Crippen molar-refractivity contribution in [3.05, 3.63) is 68.1 Å². The lowest BCUT2D eigenvalue weighted by Gasteiger charge is -2.05. The summed E-state index contributed by atoms with van der Waals surface area (Å²) in [5.74, 6) is -0.294. The summed E-state index contributed by atoms with van der Waals surface area (Å²) in [5.41, 5.74) is 0.537. The zero-order chi connectivity index (χ0) is 18.0. The number of carbonyl (C=O) groups is 1. The van der Waals surface area contributed by atoms with Gasteiger partial charge in [-0.1, -0.05) is 53.4 Å². The zero-order valence-corrected chi connectivity index (χ0v) is 15.6. The van der Waals surface area contributed by atoms with E-state index in [4.69, 9.17) is 23.8 Å². The van der Waals surface area contributed by atoms with Crippen LogP contribution in [0.4, 0.5) is 5.69 Å². The van der Waals surface area contributed by atoms with Crippen molar-refractivity contribution in [1.29, 1.82) is 0 Å². The van der Waals surface area contributed by atoms with Gasteiger partial charge in [0.25, 0.3) is 11.6 Å². The number of thioether (sulfide) groups is 1. The summed E-state index contributed by atoms with van der Waals surface area (Å²) in [4.78, 5) is 24.5. The van der Waals surface area contributed by atoms with Crippen LogP contribution < -0.4 is 5.32 Å². The Morgan fingerprint density at radius 2 is 1.96 bits per heavy atom. The lowest BCUT2D eigenvalue weighted by Crippen LogP contribution is -2.17. The highest BCUT2D eigenvalue weighted by atomic mass is 35.5. The summed E-state index contributed by atoms with van der Waals surface area (Å²) in [6, 6.07) is 11.9. The SMILES string of the molecule is O=C1NC(=S)S/C1=C\c1ccc(Sc2ccc(Cl)cc2)c([N+](=O)[O-])c1. The first-order valence-corrected chi connectivity index (χ1v) is 9.31. The quantitative estimate of drug-likeness (QED) is 0.336. The molecule has 5 nitrogen and oxygen atoms in total. The number of hydrogen-bond acceptors (Lipinski definition) is 6. The van der Waals surface area contributed by atoms with Gasteiger partial charge >= 0.3 is 0 Å². The molecule has 0 saturated carbocycles. The number of nitrogens with zero attached hydrogens (tertiary/aromatic N) is 1. The molecule has 0 radical (unpaired) electrons. The number of rotatable bonds is 4. The minimum Gasteiger partial charge on any atom is -0.307 e.